The van der Waals surface area contributed by atoms with Crippen molar-refractivity contribution in [3.8, 4) is 5.75 Å². The molecule has 0 radical (unpaired) electrons. The number of nitrogens with zero attached hydrogens (tertiary/aromatic N) is 1. The van der Waals surface area contributed by atoms with Gasteiger partial charge in [-0.05, 0) is 12.1 Å². The smallest absolute Gasteiger partial charge is 0.127 e. The molecule has 2 aromatic rings. The van der Waals surface area contributed by atoms with E-state index in [0.29, 0.717) is 12.7 Å². The molecule has 1 saturated heterocycles. The van der Waals surface area contributed by atoms with E-state index in [0.717, 1.165) is 23.1 Å². The second-order valence-electron chi connectivity index (χ2n) is 3.62. The molecule has 2 heterocycles. The van der Waals surface area contributed by atoms with Gasteiger partial charge in [0.15, 0.2) is 0 Å². The molecule has 1 aliphatic heterocycles. The summed E-state index contributed by atoms with van der Waals surface area (Å²) < 4.78 is 10.8. The number of aromatic nitrogens is 1. The van der Waals surface area contributed by atoms with Crippen LogP contribution in [0.25, 0.3) is 10.8 Å². The first-order valence-corrected chi connectivity index (χ1v) is 5.00. The van der Waals surface area contributed by atoms with Crippen molar-refractivity contribution in [2.75, 3.05) is 13.2 Å². The lowest BCUT2D eigenvalue weighted by Crippen LogP contribution is -2.04. The van der Waals surface area contributed by atoms with Gasteiger partial charge in [0.05, 0.1) is 6.61 Å². The zero-order valence-electron chi connectivity index (χ0n) is 8.22. The molecule has 1 aromatic heterocycles. The molecule has 1 aliphatic rings. The van der Waals surface area contributed by atoms with E-state index < -0.39 is 0 Å². The summed E-state index contributed by atoms with van der Waals surface area (Å²) in [7, 11) is 0. The van der Waals surface area contributed by atoms with E-state index in [1.165, 1.54) is 0 Å². The van der Waals surface area contributed by atoms with Crippen LogP contribution in [0.4, 0.5) is 0 Å². The monoisotopic (exact) mass is 201 g/mol. The van der Waals surface area contributed by atoms with E-state index in [1.807, 2.05) is 30.5 Å². The number of rotatable bonds is 3. The molecule has 0 unspecified atom stereocenters. The molecule has 1 fully saturated rings. The molecule has 15 heavy (non-hydrogen) atoms. The lowest BCUT2D eigenvalue weighted by molar-refractivity contribution is 0.265. The van der Waals surface area contributed by atoms with Gasteiger partial charge in [0.2, 0.25) is 0 Å². The topological polar surface area (TPSA) is 34.6 Å². The van der Waals surface area contributed by atoms with Crippen molar-refractivity contribution in [1.29, 1.82) is 0 Å². The number of hydrogen-bond acceptors (Lipinski definition) is 3. The van der Waals surface area contributed by atoms with Gasteiger partial charge in [-0.1, -0.05) is 12.1 Å². The zero-order valence-corrected chi connectivity index (χ0v) is 8.22. The van der Waals surface area contributed by atoms with Crippen LogP contribution in [0.3, 0.4) is 0 Å². The van der Waals surface area contributed by atoms with Crippen molar-refractivity contribution in [1.82, 2.24) is 4.98 Å². The minimum Gasteiger partial charge on any atom is -0.490 e. The summed E-state index contributed by atoms with van der Waals surface area (Å²) in [5.41, 5.74) is 0. The first kappa shape index (κ1) is 8.68. The largest absolute Gasteiger partial charge is 0.490 e. The van der Waals surface area contributed by atoms with Crippen LogP contribution in [0.15, 0.2) is 36.7 Å². The summed E-state index contributed by atoms with van der Waals surface area (Å²) in [6.45, 7) is 1.47. The Morgan fingerprint density at radius 1 is 1.40 bits per heavy atom. The maximum atomic E-state index is 5.69. The van der Waals surface area contributed by atoms with E-state index in [1.54, 1.807) is 6.20 Å². The Balaban J connectivity index is 1.93. The molecular formula is C12H11NO2. The van der Waals surface area contributed by atoms with Crippen LogP contribution in [-0.2, 0) is 4.74 Å². The number of hydrogen-bond donors (Lipinski definition) is 0. The van der Waals surface area contributed by atoms with Gasteiger partial charge in [0, 0.05) is 23.2 Å². The van der Waals surface area contributed by atoms with Crippen LogP contribution >= 0.6 is 0 Å². The SMILES string of the molecule is c1cc(OC[C@@H]2CO2)c2ccncc2c1. The predicted octanol–water partition coefficient (Wildman–Crippen LogP) is 2.01. The van der Waals surface area contributed by atoms with Crippen molar-refractivity contribution in [2.24, 2.45) is 0 Å². The van der Waals surface area contributed by atoms with Gasteiger partial charge in [-0.2, -0.15) is 0 Å². The zero-order chi connectivity index (χ0) is 10.1. The summed E-state index contributed by atoms with van der Waals surface area (Å²) in [5, 5.41) is 2.21. The second-order valence-corrected chi connectivity index (χ2v) is 3.62. The third-order valence-corrected chi connectivity index (χ3v) is 2.47. The summed E-state index contributed by atoms with van der Waals surface area (Å²) >= 11 is 0. The lowest BCUT2D eigenvalue weighted by Gasteiger charge is -2.07. The normalized spacial score (nSPS) is 19.1. The Labute approximate surface area is 87.6 Å². The molecule has 3 nitrogen and oxygen atoms in total. The third kappa shape index (κ3) is 1.78. The molecule has 3 heteroatoms. The van der Waals surface area contributed by atoms with E-state index >= 15 is 0 Å². The van der Waals surface area contributed by atoms with E-state index in [-0.39, 0.29) is 0 Å². The number of ether oxygens (including phenoxy) is 2. The van der Waals surface area contributed by atoms with Gasteiger partial charge in [-0.25, -0.2) is 0 Å². The highest BCUT2D eigenvalue weighted by molar-refractivity contribution is 5.87. The molecule has 0 spiro atoms. The quantitative estimate of drug-likeness (QED) is 0.712. The highest BCUT2D eigenvalue weighted by Gasteiger charge is 2.23. The van der Waals surface area contributed by atoms with Crippen molar-refractivity contribution in [2.45, 2.75) is 6.10 Å². The summed E-state index contributed by atoms with van der Waals surface area (Å²) in [4.78, 5) is 4.08. The van der Waals surface area contributed by atoms with Crippen molar-refractivity contribution >= 4 is 10.8 Å². The Kier molecular flexibility index (Phi) is 2.03. The Morgan fingerprint density at radius 3 is 3.20 bits per heavy atom. The molecule has 0 N–H and O–H groups in total. The minimum absolute atomic E-state index is 0.294. The van der Waals surface area contributed by atoms with E-state index in [2.05, 4.69) is 4.98 Å². The molecule has 1 aromatic carbocycles. The second kappa shape index (κ2) is 3.51. The number of epoxide rings is 1. The molecule has 0 saturated carbocycles. The van der Waals surface area contributed by atoms with Gasteiger partial charge in [-0.3, -0.25) is 4.98 Å². The Bertz CT molecular complexity index is 475. The van der Waals surface area contributed by atoms with Crippen LogP contribution in [0.1, 0.15) is 0 Å². The van der Waals surface area contributed by atoms with E-state index in [9.17, 15) is 0 Å². The number of benzene rings is 1. The molecule has 1 atom stereocenters. The lowest BCUT2D eigenvalue weighted by atomic mass is 10.1. The Hall–Kier alpha value is -1.61. The maximum absolute atomic E-state index is 5.69. The van der Waals surface area contributed by atoms with Crippen molar-refractivity contribution in [3.63, 3.8) is 0 Å². The van der Waals surface area contributed by atoms with Crippen molar-refractivity contribution in [3.05, 3.63) is 36.7 Å². The molecule has 3 rings (SSSR count). The highest BCUT2D eigenvalue weighted by Crippen LogP contribution is 2.25. The molecule has 76 valence electrons. The van der Waals surface area contributed by atoms with Crippen molar-refractivity contribution < 1.29 is 9.47 Å². The standard InChI is InChI=1S/C12H11NO2/c1-2-9-6-13-5-4-11(9)12(3-1)15-8-10-7-14-10/h1-6,10H,7-8H2/t10-/m0/s1. The maximum Gasteiger partial charge on any atom is 0.127 e. The summed E-state index contributed by atoms with van der Waals surface area (Å²) in [6.07, 6.45) is 3.92. The number of pyridine rings is 1. The fourth-order valence-corrected chi connectivity index (χ4v) is 1.57. The summed E-state index contributed by atoms with van der Waals surface area (Å²) in [6, 6.07) is 7.96. The first-order chi connectivity index (χ1) is 7.43. The average Bonchev–Trinajstić information content (AvgIpc) is 3.10. The van der Waals surface area contributed by atoms with Gasteiger partial charge in [-0.15, -0.1) is 0 Å². The van der Waals surface area contributed by atoms with Gasteiger partial charge in [0.25, 0.3) is 0 Å². The van der Waals surface area contributed by atoms with Crippen LogP contribution in [0, 0.1) is 0 Å². The van der Waals surface area contributed by atoms with Crippen LogP contribution in [-0.4, -0.2) is 24.3 Å². The first-order valence-electron chi connectivity index (χ1n) is 5.00. The third-order valence-electron chi connectivity index (χ3n) is 2.47. The molecule has 0 amide bonds. The van der Waals surface area contributed by atoms with Crippen LogP contribution < -0.4 is 4.74 Å². The summed E-state index contributed by atoms with van der Waals surface area (Å²) in [5.74, 6) is 0.908. The van der Waals surface area contributed by atoms with Crippen LogP contribution in [0.2, 0.25) is 0 Å². The molecule has 0 aliphatic carbocycles. The fourth-order valence-electron chi connectivity index (χ4n) is 1.57. The van der Waals surface area contributed by atoms with Gasteiger partial charge >= 0.3 is 0 Å². The van der Waals surface area contributed by atoms with Crippen LogP contribution in [0.5, 0.6) is 5.75 Å². The van der Waals surface area contributed by atoms with Gasteiger partial charge in [0.1, 0.15) is 18.5 Å². The number of fused-ring (bicyclic) bond motifs is 1. The average molecular weight is 201 g/mol. The van der Waals surface area contributed by atoms with Gasteiger partial charge < -0.3 is 9.47 Å². The van der Waals surface area contributed by atoms with E-state index in [4.69, 9.17) is 9.47 Å². The minimum atomic E-state index is 0.294. The molecular weight excluding hydrogens is 190 g/mol. The Morgan fingerprint density at radius 2 is 2.33 bits per heavy atom. The predicted molar refractivity (Wildman–Crippen MR) is 57.0 cm³/mol. The molecule has 0 bridgehead atoms. The highest BCUT2D eigenvalue weighted by atomic mass is 16.6. The fraction of sp³-hybridized carbons (Fsp3) is 0.250.